The summed E-state index contributed by atoms with van der Waals surface area (Å²) in [4.78, 5) is 37.7. The van der Waals surface area contributed by atoms with Crippen LogP contribution in [0.25, 0.3) is 0 Å². The Hall–Kier alpha value is -4.71. The highest BCUT2D eigenvalue weighted by Gasteiger charge is 2.19. The van der Waals surface area contributed by atoms with Crippen molar-refractivity contribution in [3.8, 4) is 0 Å². The van der Waals surface area contributed by atoms with Crippen LogP contribution in [-0.4, -0.2) is 37.2 Å². The number of carbonyl (C=O) groups excluding carboxylic acids is 3. The summed E-state index contributed by atoms with van der Waals surface area (Å²) in [6, 6.07) is 0. The van der Waals surface area contributed by atoms with E-state index >= 15 is 0 Å². The van der Waals surface area contributed by atoms with Crippen LogP contribution in [0.15, 0.2) is 146 Å². The molecule has 0 aliphatic rings. The first-order valence-corrected chi connectivity index (χ1v) is 23.0. The van der Waals surface area contributed by atoms with Crippen molar-refractivity contribution in [3.05, 3.63) is 146 Å². The molecule has 6 heteroatoms. The molecular formula is C54H80O6. The highest BCUT2D eigenvalue weighted by Crippen LogP contribution is 2.11. The van der Waals surface area contributed by atoms with Crippen LogP contribution in [0.5, 0.6) is 0 Å². The summed E-state index contributed by atoms with van der Waals surface area (Å²) < 4.78 is 16.6. The van der Waals surface area contributed by atoms with Crippen LogP contribution in [0, 0.1) is 0 Å². The molecule has 332 valence electrons. The fraction of sp³-hybridized carbons (Fsp3) is 0.500. The average molecular weight is 825 g/mol. The van der Waals surface area contributed by atoms with Gasteiger partial charge in [-0.3, -0.25) is 14.4 Å². The van der Waals surface area contributed by atoms with Crippen LogP contribution in [0.3, 0.4) is 0 Å². The molecule has 1 unspecified atom stereocenters. The lowest BCUT2D eigenvalue weighted by Gasteiger charge is -2.18. The first-order valence-electron chi connectivity index (χ1n) is 23.0. The molecule has 0 radical (unpaired) electrons. The van der Waals surface area contributed by atoms with E-state index in [1.54, 1.807) is 0 Å². The third kappa shape index (κ3) is 44.4. The number of ether oxygens (including phenoxy) is 3. The number of unbranched alkanes of at least 4 members (excludes halogenated alkanes) is 11. The third-order valence-corrected chi connectivity index (χ3v) is 8.80. The summed E-state index contributed by atoms with van der Waals surface area (Å²) in [6.07, 6.45) is 66.9. The van der Waals surface area contributed by atoms with E-state index in [1.165, 1.54) is 6.42 Å². The summed E-state index contributed by atoms with van der Waals surface area (Å²) in [5.74, 6) is -1.05. The second-order valence-corrected chi connectivity index (χ2v) is 14.4. The van der Waals surface area contributed by atoms with E-state index in [0.717, 1.165) is 96.3 Å². The summed E-state index contributed by atoms with van der Waals surface area (Å²) >= 11 is 0. The highest BCUT2D eigenvalue weighted by molar-refractivity contribution is 5.71. The molecular weight excluding hydrogens is 745 g/mol. The van der Waals surface area contributed by atoms with Gasteiger partial charge in [0.2, 0.25) is 0 Å². The van der Waals surface area contributed by atoms with Crippen molar-refractivity contribution in [2.45, 2.75) is 162 Å². The van der Waals surface area contributed by atoms with Crippen LogP contribution < -0.4 is 0 Å². The first kappa shape index (κ1) is 55.3. The van der Waals surface area contributed by atoms with Gasteiger partial charge >= 0.3 is 17.9 Å². The quantitative estimate of drug-likeness (QED) is 0.0203. The monoisotopic (exact) mass is 825 g/mol. The van der Waals surface area contributed by atoms with Gasteiger partial charge in [-0.15, -0.1) is 0 Å². The third-order valence-electron chi connectivity index (χ3n) is 8.80. The number of hydrogen-bond acceptors (Lipinski definition) is 6. The predicted octanol–water partition coefficient (Wildman–Crippen LogP) is 14.9. The van der Waals surface area contributed by atoms with Crippen LogP contribution in [0.1, 0.15) is 156 Å². The van der Waals surface area contributed by atoms with Crippen molar-refractivity contribution in [1.82, 2.24) is 0 Å². The number of hydrogen-bond donors (Lipinski definition) is 0. The zero-order valence-electron chi connectivity index (χ0n) is 37.6. The summed E-state index contributed by atoms with van der Waals surface area (Å²) in [7, 11) is 0. The molecule has 0 aliphatic carbocycles. The Morgan fingerprint density at radius 1 is 0.367 bits per heavy atom. The fourth-order valence-electron chi connectivity index (χ4n) is 5.41. The number of rotatable bonds is 38. The van der Waals surface area contributed by atoms with Gasteiger partial charge in [0.15, 0.2) is 6.10 Å². The van der Waals surface area contributed by atoms with E-state index in [0.29, 0.717) is 25.7 Å². The molecule has 0 aromatic heterocycles. The van der Waals surface area contributed by atoms with E-state index in [2.05, 4.69) is 81.5 Å². The molecule has 6 nitrogen and oxygen atoms in total. The van der Waals surface area contributed by atoms with Crippen molar-refractivity contribution in [2.75, 3.05) is 13.2 Å². The summed E-state index contributed by atoms with van der Waals surface area (Å²) in [6.45, 7) is 6.14. The van der Waals surface area contributed by atoms with Crippen molar-refractivity contribution >= 4 is 17.9 Å². The summed E-state index contributed by atoms with van der Waals surface area (Å²) in [5.41, 5.74) is 0. The first-order chi connectivity index (χ1) is 29.5. The molecule has 0 bridgehead atoms. The number of carbonyl (C=O) groups is 3. The van der Waals surface area contributed by atoms with E-state index < -0.39 is 6.10 Å². The maximum Gasteiger partial charge on any atom is 0.306 e. The molecule has 60 heavy (non-hydrogen) atoms. The topological polar surface area (TPSA) is 78.9 Å². The Labute approximate surface area is 366 Å². The molecule has 0 N–H and O–H groups in total. The Bertz CT molecular complexity index is 1410. The molecule has 0 spiro atoms. The SMILES string of the molecule is CC\C=C/C=C\C=C/C=C\C=C/CCCCCC(=O)OC(COC(=O)CCCC/C=C\C/C=C\CC)COC(=O)CCCCCCC\C=C/C=C\C=C/C=C\C=C/CCC. The van der Waals surface area contributed by atoms with Gasteiger partial charge in [0, 0.05) is 19.3 Å². The zero-order chi connectivity index (χ0) is 43.7. The Morgan fingerprint density at radius 2 is 0.733 bits per heavy atom. The van der Waals surface area contributed by atoms with Crippen molar-refractivity contribution in [2.24, 2.45) is 0 Å². The predicted molar refractivity (Wildman–Crippen MR) is 255 cm³/mol. The van der Waals surface area contributed by atoms with Gasteiger partial charge in [-0.2, -0.15) is 0 Å². The molecule has 0 fully saturated rings. The van der Waals surface area contributed by atoms with E-state index in [4.69, 9.17) is 14.2 Å². The maximum atomic E-state index is 12.7. The number of esters is 3. The molecule has 0 saturated carbocycles. The van der Waals surface area contributed by atoms with Crippen molar-refractivity contribution < 1.29 is 28.6 Å². The normalized spacial score (nSPS) is 13.4. The summed E-state index contributed by atoms with van der Waals surface area (Å²) in [5, 5.41) is 0. The molecule has 1 atom stereocenters. The second kappa shape index (κ2) is 47.0. The van der Waals surface area contributed by atoms with Crippen LogP contribution in [-0.2, 0) is 28.6 Å². The van der Waals surface area contributed by atoms with E-state index in [9.17, 15) is 14.4 Å². The largest absolute Gasteiger partial charge is 0.462 e. The second-order valence-electron chi connectivity index (χ2n) is 14.4. The van der Waals surface area contributed by atoms with Gasteiger partial charge in [-0.05, 0) is 83.5 Å². The maximum absolute atomic E-state index is 12.7. The van der Waals surface area contributed by atoms with Crippen molar-refractivity contribution in [3.63, 3.8) is 0 Å². The van der Waals surface area contributed by atoms with Crippen LogP contribution in [0.2, 0.25) is 0 Å². The van der Waals surface area contributed by atoms with Gasteiger partial charge < -0.3 is 14.2 Å². The van der Waals surface area contributed by atoms with Gasteiger partial charge in [-0.25, -0.2) is 0 Å². The minimum absolute atomic E-state index is 0.127. The average Bonchev–Trinajstić information content (AvgIpc) is 3.24. The molecule has 0 aromatic rings. The molecule has 0 aliphatic heterocycles. The van der Waals surface area contributed by atoms with E-state index in [1.807, 2.05) is 85.1 Å². The smallest absolute Gasteiger partial charge is 0.306 e. The standard InChI is InChI=1S/C54H80O6/c1-4-7-10-13-16-19-21-23-25-26-27-29-30-32-35-38-41-44-47-53(56)59-50-51(49-58-52(55)46-43-40-37-34-18-15-12-9-6-3)60-54(57)48-45-42-39-36-33-31-28-24-22-20-17-14-11-8-5-2/h8-14,16-29,31,33-34,51H,4-7,15,30,32,35-50H2,1-3H3/b11-8-,12-9-,13-10-,17-14-,19-16-,22-20-,23-21-,26-25-,28-24-,29-27-,33-31-,34-18-. The molecule has 0 saturated heterocycles. The van der Waals surface area contributed by atoms with E-state index in [-0.39, 0.29) is 37.5 Å². The highest BCUT2D eigenvalue weighted by atomic mass is 16.6. The molecule has 0 amide bonds. The number of allylic oxidation sites excluding steroid dienone is 24. The minimum atomic E-state index is -0.829. The van der Waals surface area contributed by atoms with Crippen LogP contribution in [0.4, 0.5) is 0 Å². The Morgan fingerprint density at radius 3 is 1.25 bits per heavy atom. The van der Waals surface area contributed by atoms with Gasteiger partial charge in [0.25, 0.3) is 0 Å². The Kier molecular flexibility index (Phi) is 43.3. The lowest BCUT2D eigenvalue weighted by atomic mass is 10.1. The zero-order valence-corrected chi connectivity index (χ0v) is 37.6. The lowest BCUT2D eigenvalue weighted by molar-refractivity contribution is -0.167. The molecule has 0 aromatic carbocycles. The van der Waals surface area contributed by atoms with Gasteiger partial charge in [0.1, 0.15) is 13.2 Å². The minimum Gasteiger partial charge on any atom is -0.462 e. The molecule has 0 heterocycles. The fourth-order valence-corrected chi connectivity index (χ4v) is 5.41. The van der Waals surface area contributed by atoms with Gasteiger partial charge in [-0.1, -0.05) is 199 Å². The van der Waals surface area contributed by atoms with Crippen molar-refractivity contribution in [1.29, 1.82) is 0 Å². The Balaban J connectivity index is 4.55. The van der Waals surface area contributed by atoms with Gasteiger partial charge in [0.05, 0.1) is 0 Å². The molecule has 0 rings (SSSR count). The lowest BCUT2D eigenvalue weighted by Crippen LogP contribution is -2.30. The van der Waals surface area contributed by atoms with Crippen LogP contribution >= 0.6 is 0 Å².